The van der Waals surface area contributed by atoms with E-state index in [1.807, 2.05) is 23.1 Å². The van der Waals surface area contributed by atoms with Gasteiger partial charge in [0.25, 0.3) is 0 Å². The molecule has 0 saturated carbocycles. The molecule has 1 aliphatic heterocycles. The zero-order valence-corrected chi connectivity index (χ0v) is 12.7. The van der Waals surface area contributed by atoms with E-state index >= 15 is 0 Å². The van der Waals surface area contributed by atoms with Crippen LogP contribution < -0.4 is 10.6 Å². The van der Waals surface area contributed by atoms with Gasteiger partial charge in [0.05, 0.1) is 5.69 Å². The van der Waals surface area contributed by atoms with E-state index in [9.17, 15) is 0 Å². The molecule has 2 N–H and O–H groups in total. The lowest BCUT2D eigenvalue weighted by Crippen LogP contribution is -2.32. The van der Waals surface area contributed by atoms with E-state index in [1.165, 1.54) is 27.2 Å². The molecule has 1 atom stereocenters. The molecular formula is C13H21N3S2. The average Bonchev–Trinajstić information content (AvgIpc) is 2.72. The van der Waals surface area contributed by atoms with Crippen LogP contribution in [0.1, 0.15) is 36.9 Å². The Morgan fingerprint density at radius 3 is 2.78 bits per heavy atom. The minimum atomic E-state index is 0.189. The van der Waals surface area contributed by atoms with Gasteiger partial charge in [0.15, 0.2) is 5.13 Å². The van der Waals surface area contributed by atoms with Crippen LogP contribution in [-0.4, -0.2) is 29.6 Å². The molecule has 1 unspecified atom stereocenters. The highest BCUT2D eigenvalue weighted by Crippen LogP contribution is 2.43. The summed E-state index contributed by atoms with van der Waals surface area (Å²) in [7, 11) is 0. The molecule has 0 amide bonds. The second kappa shape index (κ2) is 4.69. The van der Waals surface area contributed by atoms with Crippen LogP contribution in [-0.2, 0) is 6.42 Å². The second-order valence-corrected chi connectivity index (χ2v) is 8.29. The fourth-order valence-corrected chi connectivity index (χ4v) is 4.91. The Labute approximate surface area is 117 Å². The number of fused-ring (bicyclic) bond motifs is 1. The molecule has 1 aromatic heterocycles. The molecule has 3 rings (SSSR count). The number of thioether (sulfide) groups is 1. The summed E-state index contributed by atoms with van der Waals surface area (Å²) in [6, 6.07) is 0.189. The highest BCUT2D eigenvalue weighted by atomic mass is 32.2. The highest BCUT2D eigenvalue weighted by molar-refractivity contribution is 7.99. The van der Waals surface area contributed by atoms with Gasteiger partial charge >= 0.3 is 0 Å². The van der Waals surface area contributed by atoms with Crippen LogP contribution in [0.15, 0.2) is 0 Å². The molecule has 5 heteroatoms. The predicted octanol–water partition coefficient (Wildman–Crippen LogP) is 2.67. The van der Waals surface area contributed by atoms with E-state index in [2.05, 4.69) is 18.7 Å². The van der Waals surface area contributed by atoms with Gasteiger partial charge < -0.3 is 10.6 Å². The van der Waals surface area contributed by atoms with Crippen molar-refractivity contribution in [3.8, 4) is 0 Å². The number of rotatable bonds is 1. The average molecular weight is 283 g/mol. The zero-order valence-electron chi connectivity index (χ0n) is 11.1. The maximum atomic E-state index is 6.31. The second-order valence-electron chi connectivity index (χ2n) is 6.06. The van der Waals surface area contributed by atoms with Crippen molar-refractivity contribution in [1.82, 2.24) is 4.98 Å². The third-order valence-electron chi connectivity index (χ3n) is 3.75. The van der Waals surface area contributed by atoms with E-state index in [4.69, 9.17) is 10.7 Å². The van der Waals surface area contributed by atoms with Crippen LogP contribution in [0, 0.1) is 5.41 Å². The number of nitrogens with two attached hydrogens (primary N) is 1. The van der Waals surface area contributed by atoms with Crippen LogP contribution in [0.25, 0.3) is 0 Å². The first-order valence-corrected chi connectivity index (χ1v) is 8.60. The fraction of sp³-hybridized carbons (Fsp3) is 0.769. The molecule has 1 aromatic rings. The highest BCUT2D eigenvalue weighted by Gasteiger charge is 2.34. The topological polar surface area (TPSA) is 42.2 Å². The molecule has 2 heterocycles. The van der Waals surface area contributed by atoms with Crippen molar-refractivity contribution in [1.29, 1.82) is 0 Å². The summed E-state index contributed by atoms with van der Waals surface area (Å²) >= 11 is 3.87. The Morgan fingerprint density at radius 2 is 2.06 bits per heavy atom. The molecular weight excluding hydrogens is 262 g/mol. The molecule has 0 spiro atoms. The van der Waals surface area contributed by atoms with Crippen LogP contribution in [0.4, 0.5) is 5.13 Å². The van der Waals surface area contributed by atoms with Crippen molar-refractivity contribution in [3.63, 3.8) is 0 Å². The zero-order chi connectivity index (χ0) is 12.8. The molecule has 0 bridgehead atoms. The van der Waals surface area contributed by atoms with E-state index in [-0.39, 0.29) is 6.04 Å². The van der Waals surface area contributed by atoms with Crippen molar-refractivity contribution in [2.45, 2.75) is 32.7 Å². The lowest BCUT2D eigenvalue weighted by molar-refractivity contribution is 0.282. The van der Waals surface area contributed by atoms with Gasteiger partial charge in [-0.05, 0) is 18.3 Å². The van der Waals surface area contributed by atoms with Crippen LogP contribution in [0.3, 0.4) is 0 Å². The van der Waals surface area contributed by atoms with Crippen LogP contribution >= 0.6 is 23.1 Å². The smallest absolute Gasteiger partial charge is 0.185 e. The molecule has 18 heavy (non-hydrogen) atoms. The number of hydrogen-bond acceptors (Lipinski definition) is 5. The molecule has 1 fully saturated rings. The Balaban J connectivity index is 1.87. The first-order valence-electron chi connectivity index (χ1n) is 6.63. The lowest BCUT2D eigenvalue weighted by atomic mass is 9.77. The summed E-state index contributed by atoms with van der Waals surface area (Å²) in [6.45, 7) is 6.87. The van der Waals surface area contributed by atoms with Crippen LogP contribution in [0.2, 0.25) is 0 Å². The normalized spacial score (nSPS) is 27.1. The Morgan fingerprint density at radius 1 is 1.33 bits per heavy atom. The Hall–Kier alpha value is -0.260. The van der Waals surface area contributed by atoms with Crippen LogP contribution in [0.5, 0.6) is 0 Å². The minimum Gasteiger partial charge on any atom is -0.346 e. The lowest BCUT2D eigenvalue weighted by Gasteiger charge is -2.32. The van der Waals surface area contributed by atoms with Gasteiger partial charge in [-0.2, -0.15) is 11.8 Å². The van der Waals surface area contributed by atoms with Crippen molar-refractivity contribution < 1.29 is 0 Å². The fourth-order valence-electron chi connectivity index (χ4n) is 2.87. The quantitative estimate of drug-likeness (QED) is 0.860. The Bertz CT molecular complexity index is 435. The monoisotopic (exact) mass is 283 g/mol. The van der Waals surface area contributed by atoms with E-state index in [0.717, 1.165) is 25.9 Å². The number of aromatic nitrogens is 1. The van der Waals surface area contributed by atoms with Crippen molar-refractivity contribution in [2.24, 2.45) is 11.1 Å². The van der Waals surface area contributed by atoms with E-state index in [0.29, 0.717) is 5.41 Å². The van der Waals surface area contributed by atoms with Gasteiger partial charge in [0, 0.05) is 35.5 Å². The van der Waals surface area contributed by atoms with Gasteiger partial charge in [-0.1, -0.05) is 25.2 Å². The van der Waals surface area contributed by atoms with Gasteiger partial charge in [-0.15, -0.1) is 0 Å². The van der Waals surface area contributed by atoms with E-state index < -0.39 is 0 Å². The summed E-state index contributed by atoms with van der Waals surface area (Å²) in [4.78, 5) is 8.64. The molecule has 0 radical (unpaired) electrons. The maximum absolute atomic E-state index is 6.31. The number of hydrogen-bond donors (Lipinski definition) is 1. The first-order chi connectivity index (χ1) is 8.55. The largest absolute Gasteiger partial charge is 0.346 e. The standard InChI is InChI=1S/C13H21N3S2/c1-13(2)7-9(14)11-10(8-13)15-12(18-11)16-3-5-17-6-4-16/h9H,3-8,14H2,1-2H3. The molecule has 100 valence electrons. The van der Waals surface area contributed by atoms with Gasteiger partial charge in [0.1, 0.15) is 0 Å². The molecule has 1 saturated heterocycles. The molecule has 1 aliphatic carbocycles. The molecule has 2 aliphatic rings. The molecule has 3 nitrogen and oxygen atoms in total. The Kier molecular flexibility index (Phi) is 3.32. The summed E-state index contributed by atoms with van der Waals surface area (Å²) in [5, 5.41) is 1.20. The summed E-state index contributed by atoms with van der Waals surface area (Å²) in [5.41, 5.74) is 7.87. The minimum absolute atomic E-state index is 0.189. The first kappa shape index (κ1) is 12.8. The van der Waals surface area contributed by atoms with Crippen molar-refractivity contribution >= 4 is 28.2 Å². The third kappa shape index (κ3) is 2.40. The SMILES string of the molecule is CC1(C)Cc2nc(N3CCSCC3)sc2C(N)C1. The number of thiazole rings is 1. The van der Waals surface area contributed by atoms with Gasteiger partial charge in [-0.25, -0.2) is 4.98 Å². The third-order valence-corrected chi connectivity index (χ3v) is 5.99. The summed E-state index contributed by atoms with van der Waals surface area (Å²) in [6.07, 6.45) is 2.16. The van der Waals surface area contributed by atoms with Crippen molar-refractivity contribution in [2.75, 3.05) is 29.5 Å². The summed E-state index contributed by atoms with van der Waals surface area (Å²) in [5.74, 6) is 2.45. The summed E-state index contributed by atoms with van der Waals surface area (Å²) < 4.78 is 0. The predicted molar refractivity (Wildman–Crippen MR) is 80.7 cm³/mol. The van der Waals surface area contributed by atoms with Gasteiger partial charge in [0.2, 0.25) is 0 Å². The van der Waals surface area contributed by atoms with Crippen molar-refractivity contribution in [3.05, 3.63) is 10.6 Å². The maximum Gasteiger partial charge on any atom is 0.185 e. The van der Waals surface area contributed by atoms with Gasteiger partial charge in [-0.3, -0.25) is 0 Å². The van der Waals surface area contributed by atoms with E-state index in [1.54, 1.807) is 0 Å². The number of nitrogens with zero attached hydrogens (tertiary/aromatic N) is 2. The molecule has 0 aromatic carbocycles. The number of anilines is 1.